The fraction of sp³-hybridized carbons (Fsp3) is 0.346. The van der Waals surface area contributed by atoms with Crippen molar-refractivity contribution in [1.29, 1.82) is 0 Å². The standard InChI is InChI=1S/C26H28N2O2/c29-26(30)19-10-11-24-20(16-27-25(24)15-19)6-3-4-13-28-14-12-23-21(17-28)9-8-18-5-1-2-7-22(18)23/h1-2,5,7,10-11,15-16,27H,3-4,6,8-9,12-14,17H2,(H,29,30). The van der Waals surface area contributed by atoms with Crippen molar-refractivity contribution in [2.75, 3.05) is 19.6 Å². The molecule has 1 aliphatic carbocycles. The van der Waals surface area contributed by atoms with Crippen LogP contribution in [0.3, 0.4) is 0 Å². The van der Waals surface area contributed by atoms with Crippen molar-refractivity contribution in [2.45, 2.75) is 38.5 Å². The topological polar surface area (TPSA) is 56.3 Å². The molecule has 2 N–H and O–H groups in total. The van der Waals surface area contributed by atoms with Crippen LogP contribution in [-0.2, 0) is 12.8 Å². The first-order chi connectivity index (χ1) is 14.7. The summed E-state index contributed by atoms with van der Waals surface area (Å²) in [6.07, 6.45) is 9.00. The van der Waals surface area contributed by atoms with E-state index in [1.54, 1.807) is 23.3 Å². The van der Waals surface area contributed by atoms with Gasteiger partial charge in [0, 0.05) is 30.2 Å². The number of hydrogen-bond acceptors (Lipinski definition) is 2. The summed E-state index contributed by atoms with van der Waals surface area (Å²) < 4.78 is 0. The molecule has 4 heteroatoms. The van der Waals surface area contributed by atoms with Gasteiger partial charge < -0.3 is 10.1 Å². The van der Waals surface area contributed by atoms with Crippen molar-refractivity contribution in [3.63, 3.8) is 0 Å². The summed E-state index contributed by atoms with van der Waals surface area (Å²) in [5.41, 5.74) is 8.84. The molecule has 0 atom stereocenters. The second kappa shape index (κ2) is 8.11. The number of fused-ring (bicyclic) bond motifs is 3. The molecule has 0 amide bonds. The third kappa shape index (κ3) is 3.68. The number of aromatic amines is 1. The van der Waals surface area contributed by atoms with Gasteiger partial charge in [-0.3, -0.25) is 4.90 Å². The minimum atomic E-state index is -0.880. The van der Waals surface area contributed by atoms with Gasteiger partial charge in [0.2, 0.25) is 0 Å². The quantitative estimate of drug-likeness (QED) is 0.553. The SMILES string of the molecule is O=C(O)c1ccc2c(CCCCN3CCC4=C(CCc5ccccc54)C3)c[nH]c2c1. The molecule has 2 aromatic carbocycles. The molecule has 0 spiro atoms. The Labute approximate surface area is 177 Å². The van der Waals surface area contributed by atoms with E-state index in [9.17, 15) is 4.79 Å². The number of hydrogen-bond donors (Lipinski definition) is 2. The van der Waals surface area contributed by atoms with Crippen LogP contribution >= 0.6 is 0 Å². The number of aromatic nitrogens is 1. The summed E-state index contributed by atoms with van der Waals surface area (Å²) in [4.78, 5) is 17.0. The van der Waals surface area contributed by atoms with Crippen LogP contribution in [0.1, 0.15) is 52.7 Å². The van der Waals surface area contributed by atoms with Crippen LogP contribution in [-0.4, -0.2) is 40.6 Å². The smallest absolute Gasteiger partial charge is 0.335 e. The second-order valence-electron chi connectivity index (χ2n) is 8.60. The Hall–Kier alpha value is -2.85. The zero-order valence-corrected chi connectivity index (χ0v) is 17.3. The van der Waals surface area contributed by atoms with Crippen molar-refractivity contribution >= 4 is 22.4 Å². The number of nitrogens with zero attached hydrogens (tertiary/aromatic N) is 1. The fourth-order valence-electron chi connectivity index (χ4n) is 5.13. The monoisotopic (exact) mass is 400 g/mol. The van der Waals surface area contributed by atoms with Gasteiger partial charge in [0.1, 0.15) is 0 Å². The summed E-state index contributed by atoms with van der Waals surface area (Å²) in [5.74, 6) is -0.880. The molecule has 30 heavy (non-hydrogen) atoms. The first-order valence-corrected chi connectivity index (χ1v) is 11.0. The average molecular weight is 401 g/mol. The van der Waals surface area contributed by atoms with Gasteiger partial charge in [-0.15, -0.1) is 0 Å². The molecular formula is C26H28N2O2. The number of carboxylic acids is 1. The van der Waals surface area contributed by atoms with Gasteiger partial charge in [-0.05, 0) is 79.5 Å². The lowest BCUT2D eigenvalue weighted by Crippen LogP contribution is -2.33. The van der Waals surface area contributed by atoms with E-state index in [-0.39, 0.29) is 0 Å². The van der Waals surface area contributed by atoms with Crippen LogP contribution in [0.5, 0.6) is 0 Å². The number of unbranched alkanes of at least 4 members (excludes halogenated alkanes) is 1. The molecule has 0 unspecified atom stereocenters. The summed E-state index contributed by atoms with van der Waals surface area (Å²) in [5, 5.41) is 10.3. The lowest BCUT2D eigenvalue weighted by molar-refractivity contribution is 0.0697. The molecule has 0 bridgehead atoms. The number of aromatic carboxylic acids is 1. The molecule has 154 valence electrons. The molecule has 2 aliphatic rings. The lowest BCUT2D eigenvalue weighted by Gasteiger charge is -2.34. The number of aryl methyl sites for hydroxylation is 2. The van der Waals surface area contributed by atoms with E-state index in [1.807, 2.05) is 12.3 Å². The van der Waals surface area contributed by atoms with Crippen molar-refractivity contribution in [3.8, 4) is 0 Å². The molecule has 0 saturated heterocycles. The number of benzene rings is 2. The van der Waals surface area contributed by atoms with Crippen LogP contribution in [0.25, 0.3) is 16.5 Å². The van der Waals surface area contributed by atoms with Gasteiger partial charge >= 0.3 is 5.97 Å². The molecule has 0 fully saturated rings. The molecule has 0 saturated carbocycles. The predicted octanol–water partition coefficient (Wildman–Crippen LogP) is 5.29. The minimum Gasteiger partial charge on any atom is -0.478 e. The molecule has 5 rings (SSSR count). The first kappa shape index (κ1) is 19.1. The van der Waals surface area contributed by atoms with E-state index in [4.69, 9.17) is 5.11 Å². The highest BCUT2D eigenvalue weighted by atomic mass is 16.4. The van der Waals surface area contributed by atoms with Crippen LogP contribution in [0.4, 0.5) is 0 Å². The summed E-state index contributed by atoms with van der Waals surface area (Å²) in [6.45, 7) is 3.46. The van der Waals surface area contributed by atoms with E-state index >= 15 is 0 Å². The maximum absolute atomic E-state index is 11.1. The van der Waals surface area contributed by atoms with Gasteiger partial charge in [-0.2, -0.15) is 0 Å². The molecule has 1 aliphatic heterocycles. The van der Waals surface area contributed by atoms with E-state index in [1.165, 1.54) is 42.4 Å². The fourth-order valence-corrected chi connectivity index (χ4v) is 5.13. The van der Waals surface area contributed by atoms with Gasteiger partial charge in [-0.1, -0.05) is 35.9 Å². The Morgan fingerprint density at radius 3 is 2.87 bits per heavy atom. The third-order valence-electron chi connectivity index (χ3n) is 6.74. The average Bonchev–Trinajstić information content (AvgIpc) is 3.18. The van der Waals surface area contributed by atoms with Crippen LogP contribution in [0.15, 0.2) is 54.2 Å². The van der Waals surface area contributed by atoms with Crippen LogP contribution in [0.2, 0.25) is 0 Å². The van der Waals surface area contributed by atoms with E-state index < -0.39 is 5.97 Å². The van der Waals surface area contributed by atoms with Crippen LogP contribution < -0.4 is 0 Å². The summed E-state index contributed by atoms with van der Waals surface area (Å²) in [6, 6.07) is 14.3. The number of carbonyl (C=O) groups is 1. The Bertz CT molecular complexity index is 1130. The maximum Gasteiger partial charge on any atom is 0.335 e. The number of nitrogens with one attached hydrogen (secondary N) is 1. The largest absolute Gasteiger partial charge is 0.478 e. The molecule has 0 radical (unpaired) electrons. The first-order valence-electron chi connectivity index (χ1n) is 11.0. The van der Waals surface area contributed by atoms with E-state index in [0.717, 1.165) is 43.4 Å². The molecule has 2 heterocycles. The van der Waals surface area contributed by atoms with Gasteiger partial charge in [-0.25, -0.2) is 4.79 Å². The lowest BCUT2D eigenvalue weighted by atomic mass is 9.82. The zero-order valence-electron chi connectivity index (χ0n) is 17.3. The van der Waals surface area contributed by atoms with Crippen LogP contribution in [0, 0.1) is 0 Å². The Kier molecular flexibility index (Phi) is 5.17. The number of rotatable bonds is 6. The van der Waals surface area contributed by atoms with Gasteiger partial charge in [0.05, 0.1) is 5.56 Å². The summed E-state index contributed by atoms with van der Waals surface area (Å²) in [7, 11) is 0. The van der Waals surface area contributed by atoms with Crippen molar-refractivity contribution < 1.29 is 9.90 Å². The number of H-pyrrole nitrogens is 1. The van der Waals surface area contributed by atoms with Crippen molar-refractivity contribution in [1.82, 2.24) is 9.88 Å². The van der Waals surface area contributed by atoms with E-state index in [0.29, 0.717) is 5.56 Å². The third-order valence-corrected chi connectivity index (χ3v) is 6.74. The summed E-state index contributed by atoms with van der Waals surface area (Å²) >= 11 is 0. The maximum atomic E-state index is 11.1. The predicted molar refractivity (Wildman–Crippen MR) is 121 cm³/mol. The van der Waals surface area contributed by atoms with Crippen molar-refractivity contribution in [3.05, 3.63) is 76.5 Å². The molecule has 3 aromatic rings. The van der Waals surface area contributed by atoms with Gasteiger partial charge in [0.15, 0.2) is 0 Å². The Balaban J connectivity index is 1.16. The molecule has 1 aromatic heterocycles. The van der Waals surface area contributed by atoms with Gasteiger partial charge in [0.25, 0.3) is 0 Å². The molecule has 4 nitrogen and oxygen atoms in total. The van der Waals surface area contributed by atoms with Crippen molar-refractivity contribution in [2.24, 2.45) is 0 Å². The number of carboxylic acid groups (broad SMARTS) is 1. The highest BCUT2D eigenvalue weighted by Crippen LogP contribution is 2.36. The minimum absolute atomic E-state index is 0.333. The normalized spacial score (nSPS) is 16.5. The zero-order chi connectivity index (χ0) is 20.5. The molecular weight excluding hydrogens is 372 g/mol. The Morgan fingerprint density at radius 1 is 1.07 bits per heavy atom. The van der Waals surface area contributed by atoms with E-state index in [2.05, 4.69) is 34.1 Å². The second-order valence-corrected chi connectivity index (χ2v) is 8.60. The Morgan fingerprint density at radius 2 is 1.97 bits per heavy atom. The highest BCUT2D eigenvalue weighted by Gasteiger charge is 2.24. The highest BCUT2D eigenvalue weighted by molar-refractivity contribution is 5.94.